The van der Waals surface area contributed by atoms with Gasteiger partial charge in [0.15, 0.2) is 0 Å². The first-order valence-electron chi connectivity index (χ1n) is 6.77. The van der Waals surface area contributed by atoms with Gasteiger partial charge in [-0.1, -0.05) is 11.6 Å². The van der Waals surface area contributed by atoms with E-state index in [4.69, 9.17) is 16.3 Å². The van der Waals surface area contributed by atoms with Crippen LogP contribution in [0.2, 0.25) is 5.02 Å². The number of benzene rings is 1. The Morgan fingerprint density at radius 3 is 2.89 bits per heavy atom. The largest absolute Gasteiger partial charge is 0.496 e. The van der Waals surface area contributed by atoms with Gasteiger partial charge in [0, 0.05) is 23.7 Å². The lowest BCUT2D eigenvalue weighted by molar-refractivity contribution is 0.0444. The van der Waals surface area contributed by atoms with Crippen molar-refractivity contribution in [2.75, 3.05) is 20.2 Å². The van der Waals surface area contributed by atoms with Crippen LogP contribution < -0.4 is 4.74 Å². The molecule has 4 heteroatoms. The fraction of sp³-hybridized carbons (Fsp3) is 0.600. The maximum Gasteiger partial charge on any atom is 0.123 e. The topological polar surface area (TPSA) is 32.7 Å². The summed E-state index contributed by atoms with van der Waals surface area (Å²) in [6, 6.07) is 5.71. The minimum absolute atomic E-state index is 0.521. The van der Waals surface area contributed by atoms with Gasteiger partial charge in [0.2, 0.25) is 0 Å². The Kier molecular flexibility index (Phi) is 4.71. The van der Waals surface area contributed by atoms with Crippen LogP contribution in [0.4, 0.5) is 0 Å². The second kappa shape index (κ2) is 6.12. The van der Waals surface area contributed by atoms with E-state index in [1.54, 1.807) is 7.11 Å². The Hall–Kier alpha value is -0.770. The first kappa shape index (κ1) is 14.6. The number of nitrogens with zero attached hydrogens (tertiary/aromatic N) is 1. The lowest BCUT2D eigenvalue weighted by Crippen LogP contribution is -2.28. The minimum atomic E-state index is -0.521. The van der Waals surface area contributed by atoms with Gasteiger partial charge in [0.1, 0.15) is 5.75 Å². The fourth-order valence-electron chi connectivity index (χ4n) is 2.59. The highest BCUT2D eigenvalue weighted by molar-refractivity contribution is 6.30. The van der Waals surface area contributed by atoms with E-state index in [0.717, 1.165) is 55.2 Å². The van der Waals surface area contributed by atoms with Gasteiger partial charge < -0.3 is 9.84 Å². The molecule has 106 valence electrons. The van der Waals surface area contributed by atoms with Crippen LogP contribution in [0.5, 0.6) is 5.75 Å². The summed E-state index contributed by atoms with van der Waals surface area (Å²) in [5.41, 5.74) is 0.587. The maximum absolute atomic E-state index is 10.1. The Bertz CT molecular complexity index is 434. The molecule has 3 nitrogen and oxygen atoms in total. The number of methoxy groups -OCH3 is 1. The van der Waals surface area contributed by atoms with E-state index >= 15 is 0 Å². The monoisotopic (exact) mass is 283 g/mol. The zero-order valence-electron chi connectivity index (χ0n) is 11.7. The van der Waals surface area contributed by atoms with E-state index in [1.165, 1.54) is 0 Å². The highest BCUT2D eigenvalue weighted by Gasteiger charge is 2.25. The number of halogens is 1. The Balaban J connectivity index is 2.06. The van der Waals surface area contributed by atoms with E-state index < -0.39 is 5.60 Å². The summed E-state index contributed by atoms with van der Waals surface area (Å²) in [4.78, 5) is 2.36. The molecule has 2 rings (SSSR count). The summed E-state index contributed by atoms with van der Waals surface area (Å²) in [7, 11) is 1.68. The number of ether oxygens (including phenoxy) is 1. The molecule has 1 saturated heterocycles. The highest BCUT2D eigenvalue weighted by Crippen LogP contribution is 2.27. The van der Waals surface area contributed by atoms with Gasteiger partial charge in [-0.3, -0.25) is 4.90 Å². The van der Waals surface area contributed by atoms with Crippen molar-refractivity contribution >= 4 is 11.6 Å². The summed E-state index contributed by atoms with van der Waals surface area (Å²) in [5.74, 6) is 0.875. The van der Waals surface area contributed by atoms with Crippen LogP contribution in [0.25, 0.3) is 0 Å². The van der Waals surface area contributed by atoms with E-state index in [0.29, 0.717) is 0 Å². The molecule has 1 aliphatic rings. The van der Waals surface area contributed by atoms with Crippen molar-refractivity contribution in [1.29, 1.82) is 0 Å². The second-order valence-electron chi connectivity index (χ2n) is 5.58. The third-order valence-electron chi connectivity index (χ3n) is 3.79. The molecule has 1 atom stereocenters. The molecular formula is C15H22ClNO2. The number of rotatable bonds is 3. The average Bonchev–Trinajstić information content (AvgIpc) is 2.51. The fourth-order valence-corrected chi connectivity index (χ4v) is 2.78. The molecule has 0 radical (unpaired) electrons. The number of hydrogen-bond donors (Lipinski definition) is 1. The molecule has 1 heterocycles. The van der Waals surface area contributed by atoms with Gasteiger partial charge in [-0.25, -0.2) is 0 Å². The predicted octanol–water partition coefficient (Wildman–Crippen LogP) is 3.09. The Morgan fingerprint density at radius 1 is 1.37 bits per heavy atom. The predicted molar refractivity (Wildman–Crippen MR) is 77.8 cm³/mol. The van der Waals surface area contributed by atoms with Crippen LogP contribution in [-0.4, -0.2) is 35.8 Å². The molecule has 0 aliphatic carbocycles. The van der Waals surface area contributed by atoms with Gasteiger partial charge in [-0.2, -0.15) is 0 Å². The molecule has 1 fully saturated rings. The van der Waals surface area contributed by atoms with Crippen molar-refractivity contribution < 1.29 is 9.84 Å². The van der Waals surface area contributed by atoms with Crippen molar-refractivity contribution in [3.05, 3.63) is 28.8 Å². The molecular weight excluding hydrogens is 262 g/mol. The van der Waals surface area contributed by atoms with Gasteiger partial charge in [0.25, 0.3) is 0 Å². The lowest BCUT2D eigenvalue weighted by atomic mass is 9.98. The van der Waals surface area contributed by atoms with E-state index in [9.17, 15) is 5.11 Å². The number of hydrogen-bond acceptors (Lipinski definition) is 3. The van der Waals surface area contributed by atoms with Gasteiger partial charge in [-0.05, 0) is 50.9 Å². The van der Waals surface area contributed by atoms with Gasteiger partial charge >= 0.3 is 0 Å². The molecule has 19 heavy (non-hydrogen) atoms. The Labute approximate surface area is 120 Å². The molecule has 0 saturated carbocycles. The average molecular weight is 284 g/mol. The quantitative estimate of drug-likeness (QED) is 0.925. The van der Waals surface area contributed by atoms with Crippen LogP contribution in [0.3, 0.4) is 0 Å². The summed E-state index contributed by atoms with van der Waals surface area (Å²) in [5, 5.41) is 10.8. The van der Waals surface area contributed by atoms with E-state index in [-0.39, 0.29) is 0 Å². The third-order valence-corrected chi connectivity index (χ3v) is 4.03. The normalized spacial score (nSPS) is 25.1. The van der Waals surface area contributed by atoms with Crippen LogP contribution in [0.15, 0.2) is 18.2 Å². The first-order chi connectivity index (χ1) is 9.00. The molecule has 1 aliphatic heterocycles. The molecule has 0 aromatic heterocycles. The molecule has 1 aromatic rings. The smallest absolute Gasteiger partial charge is 0.123 e. The third kappa shape index (κ3) is 4.10. The molecule has 0 amide bonds. The van der Waals surface area contributed by atoms with Crippen molar-refractivity contribution in [1.82, 2.24) is 4.90 Å². The van der Waals surface area contributed by atoms with E-state index in [1.807, 2.05) is 25.1 Å². The lowest BCUT2D eigenvalue weighted by Gasteiger charge is -2.23. The molecule has 0 spiro atoms. The van der Waals surface area contributed by atoms with Crippen molar-refractivity contribution in [2.24, 2.45) is 0 Å². The standard InChI is InChI=1S/C15H22ClNO2/c1-15(18)6-3-8-17(9-7-15)11-12-10-13(16)4-5-14(12)19-2/h4-5,10,18H,3,6-9,11H2,1-2H3. The highest BCUT2D eigenvalue weighted by atomic mass is 35.5. The first-order valence-corrected chi connectivity index (χ1v) is 7.15. The van der Waals surface area contributed by atoms with Crippen molar-refractivity contribution in [3.8, 4) is 5.75 Å². The number of likely N-dealkylation sites (tertiary alicyclic amines) is 1. The van der Waals surface area contributed by atoms with Crippen LogP contribution >= 0.6 is 11.6 Å². The minimum Gasteiger partial charge on any atom is -0.496 e. The maximum atomic E-state index is 10.1. The zero-order valence-corrected chi connectivity index (χ0v) is 12.4. The molecule has 0 bridgehead atoms. The van der Waals surface area contributed by atoms with Crippen LogP contribution in [0.1, 0.15) is 31.7 Å². The summed E-state index contributed by atoms with van der Waals surface area (Å²) >= 11 is 6.05. The number of aliphatic hydroxyl groups is 1. The zero-order chi connectivity index (χ0) is 13.9. The second-order valence-corrected chi connectivity index (χ2v) is 6.02. The van der Waals surface area contributed by atoms with Crippen molar-refractivity contribution in [3.63, 3.8) is 0 Å². The molecule has 1 unspecified atom stereocenters. The molecule has 1 N–H and O–H groups in total. The van der Waals surface area contributed by atoms with E-state index in [2.05, 4.69) is 4.90 Å². The van der Waals surface area contributed by atoms with Crippen LogP contribution in [0, 0.1) is 0 Å². The van der Waals surface area contributed by atoms with Gasteiger partial charge in [0.05, 0.1) is 12.7 Å². The summed E-state index contributed by atoms with van der Waals surface area (Å²) < 4.78 is 5.38. The SMILES string of the molecule is COc1ccc(Cl)cc1CN1CCCC(C)(O)CC1. The Morgan fingerprint density at radius 2 is 2.16 bits per heavy atom. The van der Waals surface area contributed by atoms with Gasteiger partial charge in [-0.15, -0.1) is 0 Å². The van der Waals surface area contributed by atoms with Crippen LogP contribution in [-0.2, 0) is 6.54 Å². The molecule has 1 aromatic carbocycles. The van der Waals surface area contributed by atoms with Crippen molar-refractivity contribution in [2.45, 2.75) is 38.3 Å². The summed E-state index contributed by atoms with van der Waals surface area (Å²) in [6.07, 6.45) is 2.71. The summed E-state index contributed by atoms with van der Waals surface area (Å²) in [6.45, 7) is 4.66.